The number of nitro groups is 1. The highest BCUT2D eigenvalue weighted by Gasteiger charge is 2.12. The van der Waals surface area contributed by atoms with Crippen LogP contribution in [0.15, 0.2) is 59.0 Å². The minimum Gasteiger partial charge on any atom is -0.419 e. The average Bonchev–Trinajstić information content (AvgIpc) is 3.37. The molecule has 9 nitrogen and oxygen atoms in total. The van der Waals surface area contributed by atoms with Crippen molar-refractivity contribution < 1.29 is 9.34 Å². The molecule has 0 unspecified atom stereocenters. The summed E-state index contributed by atoms with van der Waals surface area (Å²) in [5.74, 6) is 0.670. The predicted molar refractivity (Wildman–Crippen MR) is 99.1 cm³/mol. The number of hydrogen-bond acceptors (Lipinski definition) is 9. The summed E-state index contributed by atoms with van der Waals surface area (Å²) < 4.78 is 5.59. The number of anilines is 1. The normalized spacial score (nSPS) is 10.7. The number of nitrogens with zero attached hydrogens (tertiary/aromatic N) is 5. The van der Waals surface area contributed by atoms with Crippen molar-refractivity contribution in [2.24, 2.45) is 0 Å². The molecule has 0 spiro atoms. The van der Waals surface area contributed by atoms with Gasteiger partial charge in [-0.05, 0) is 12.1 Å². The second kappa shape index (κ2) is 7.30. The van der Waals surface area contributed by atoms with Crippen LogP contribution in [-0.4, -0.2) is 25.3 Å². The first kappa shape index (κ1) is 16.8. The van der Waals surface area contributed by atoms with Crippen LogP contribution in [0.5, 0.6) is 0 Å². The largest absolute Gasteiger partial charge is 0.419 e. The van der Waals surface area contributed by atoms with E-state index in [1.807, 2.05) is 30.3 Å². The van der Waals surface area contributed by atoms with Crippen molar-refractivity contribution >= 4 is 22.2 Å². The van der Waals surface area contributed by atoms with E-state index in [4.69, 9.17) is 4.42 Å². The van der Waals surface area contributed by atoms with Crippen LogP contribution in [0.1, 0.15) is 5.89 Å². The molecule has 1 N–H and O–H groups in total. The maximum absolute atomic E-state index is 10.7. The minimum atomic E-state index is -0.460. The molecule has 0 atom stereocenters. The molecule has 2 aromatic heterocycles. The highest BCUT2D eigenvalue weighted by Crippen LogP contribution is 2.26. The summed E-state index contributed by atoms with van der Waals surface area (Å²) in [6, 6.07) is 15.7. The Labute approximate surface area is 156 Å². The molecule has 4 rings (SSSR count). The topological polar surface area (TPSA) is 120 Å². The summed E-state index contributed by atoms with van der Waals surface area (Å²) in [4.78, 5) is 10.2. The Hall–Kier alpha value is -3.66. The van der Waals surface area contributed by atoms with Gasteiger partial charge in [0.2, 0.25) is 16.9 Å². The number of nitro benzene ring substituents is 1. The summed E-state index contributed by atoms with van der Waals surface area (Å²) in [5, 5.41) is 31.5. The SMILES string of the molecule is O=[N+]([O-])c1ccc(-c2nnc(CNc3nnc(-c4ccccc4)s3)o2)cc1. The number of aromatic nitrogens is 4. The smallest absolute Gasteiger partial charge is 0.269 e. The van der Waals surface area contributed by atoms with Crippen molar-refractivity contribution in [3.63, 3.8) is 0 Å². The molecule has 0 fully saturated rings. The Morgan fingerprint density at radius 2 is 1.74 bits per heavy atom. The maximum atomic E-state index is 10.7. The van der Waals surface area contributed by atoms with Crippen molar-refractivity contribution in [2.75, 3.05) is 5.32 Å². The highest BCUT2D eigenvalue weighted by atomic mass is 32.1. The van der Waals surface area contributed by atoms with E-state index in [1.165, 1.54) is 23.5 Å². The molecular weight excluding hydrogens is 368 g/mol. The number of rotatable bonds is 6. The molecule has 0 saturated heterocycles. The molecule has 0 aliphatic heterocycles. The lowest BCUT2D eigenvalue weighted by Gasteiger charge is -1.97. The van der Waals surface area contributed by atoms with Crippen molar-refractivity contribution in [1.82, 2.24) is 20.4 Å². The maximum Gasteiger partial charge on any atom is 0.269 e. The third kappa shape index (κ3) is 3.80. The number of non-ortho nitro benzene ring substituents is 1. The fourth-order valence-electron chi connectivity index (χ4n) is 2.31. The van der Waals surface area contributed by atoms with E-state index in [0.717, 1.165) is 10.6 Å². The van der Waals surface area contributed by atoms with Gasteiger partial charge in [0, 0.05) is 23.3 Å². The molecule has 2 aromatic carbocycles. The third-order valence-electron chi connectivity index (χ3n) is 3.63. The number of benzene rings is 2. The first-order valence-corrected chi connectivity index (χ1v) is 8.71. The van der Waals surface area contributed by atoms with Gasteiger partial charge in [-0.25, -0.2) is 0 Å². The molecule has 0 radical (unpaired) electrons. The molecular formula is C17H12N6O3S. The summed E-state index contributed by atoms with van der Waals surface area (Å²) in [5.41, 5.74) is 1.62. The van der Waals surface area contributed by atoms with E-state index in [9.17, 15) is 10.1 Å². The second-order valence-corrected chi connectivity index (χ2v) is 6.41. The van der Waals surface area contributed by atoms with E-state index in [-0.39, 0.29) is 5.69 Å². The molecule has 10 heteroatoms. The first-order valence-electron chi connectivity index (χ1n) is 7.89. The Morgan fingerprint density at radius 1 is 0.963 bits per heavy atom. The minimum absolute atomic E-state index is 0.00523. The molecule has 4 aromatic rings. The zero-order valence-electron chi connectivity index (χ0n) is 13.8. The van der Waals surface area contributed by atoms with E-state index in [0.29, 0.717) is 29.0 Å². The quantitative estimate of drug-likeness (QED) is 0.396. The fraction of sp³-hybridized carbons (Fsp3) is 0.0588. The highest BCUT2D eigenvalue weighted by molar-refractivity contribution is 7.18. The van der Waals surface area contributed by atoms with Gasteiger partial charge in [0.25, 0.3) is 5.69 Å². The van der Waals surface area contributed by atoms with Crippen molar-refractivity contribution in [3.05, 3.63) is 70.6 Å². The van der Waals surface area contributed by atoms with Crippen LogP contribution < -0.4 is 5.32 Å². The molecule has 0 saturated carbocycles. The van der Waals surface area contributed by atoms with E-state index >= 15 is 0 Å². The summed E-state index contributed by atoms with van der Waals surface area (Å²) in [7, 11) is 0. The molecule has 0 aliphatic rings. The summed E-state index contributed by atoms with van der Waals surface area (Å²) in [6.45, 7) is 0.295. The van der Waals surface area contributed by atoms with Crippen molar-refractivity contribution in [1.29, 1.82) is 0 Å². The van der Waals surface area contributed by atoms with E-state index < -0.39 is 4.92 Å². The average molecular weight is 380 g/mol. The molecule has 134 valence electrons. The van der Waals surface area contributed by atoms with Crippen LogP contribution in [-0.2, 0) is 6.54 Å². The predicted octanol–water partition coefficient (Wildman–Crippen LogP) is 3.78. The van der Waals surface area contributed by atoms with Gasteiger partial charge < -0.3 is 9.73 Å². The van der Waals surface area contributed by atoms with Gasteiger partial charge in [-0.3, -0.25) is 10.1 Å². The Morgan fingerprint density at radius 3 is 2.48 bits per heavy atom. The Bertz CT molecular complexity index is 1060. The van der Waals surface area contributed by atoms with Gasteiger partial charge in [-0.15, -0.1) is 20.4 Å². The lowest BCUT2D eigenvalue weighted by Crippen LogP contribution is -1.99. The van der Waals surface area contributed by atoms with Gasteiger partial charge in [-0.1, -0.05) is 41.7 Å². The molecule has 27 heavy (non-hydrogen) atoms. The zero-order valence-corrected chi connectivity index (χ0v) is 14.6. The van der Waals surface area contributed by atoms with Gasteiger partial charge in [0.05, 0.1) is 11.5 Å². The zero-order chi connectivity index (χ0) is 18.6. The van der Waals surface area contributed by atoms with Crippen LogP contribution in [0, 0.1) is 10.1 Å². The summed E-state index contributed by atoms with van der Waals surface area (Å²) in [6.07, 6.45) is 0. The van der Waals surface area contributed by atoms with E-state index in [1.54, 1.807) is 12.1 Å². The van der Waals surface area contributed by atoms with Gasteiger partial charge in [-0.2, -0.15) is 0 Å². The third-order valence-corrected chi connectivity index (χ3v) is 4.56. The molecule has 0 aliphatic carbocycles. The lowest BCUT2D eigenvalue weighted by molar-refractivity contribution is -0.384. The number of hydrogen-bond donors (Lipinski definition) is 1. The summed E-state index contributed by atoms with van der Waals surface area (Å²) >= 11 is 1.43. The monoisotopic (exact) mass is 380 g/mol. The molecule has 0 bridgehead atoms. The van der Waals surface area contributed by atoms with Crippen LogP contribution in [0.2, 0.25) is 0 Å². The fourth-order valence-corrected chi connectivity index (χ4v) is 3.06. The standard InChI is InChI=1S/C17H12N6O3S/c24-23(25)13-8-6-11(7-9-13)15-20-19-14(26-15)10-18-17-22-21-16(27-17)12-4-2-1-3-5-12/h1-9H,10H2,(H,18,22). The Balaban J connectivity index is 1.41. The van der Waals surface area contributed by atoms with E-state index in [2.05, 4.69) is 25.7 Å². The van der Waals surface area contributed by atoms with Gasteiger partial charge in [0.15, 0.2) is 0 Å². The van der Waals surface area contributed by atoms with Gasteiger partial charge in [0.1, 0.15) is 5.01 Å². The van der Waals surface area contributed by atoms with Crippen molar-refractivity contribution in [2.45, 2.75) is 6.54 Å². The lowest BCUT2D eigenvalue weighted by atomic mass is 10.2. The van der Waals surface area contributed by atoms with Crippen LogP contribution in [0.4, 0.5) is 10.8 Å². The van der Waals surface area contributed by atoms with Gasteiger partial charge >= 0.3 is 0 Å². The van der Waals surface area contributed by atoms with Crippen LogP contribution >= 0.6 is 11.3 Å². The molecule has 0 amide bonds. The van der Waals surface area contributed by atoms with Crippen molar-refractivity contribution in [3.8, 4) is 22.0 Å². The number of nitrogens with one attached hydrogen (secondary N) is 1. The second-order valence-electron chi connectivity index (χ2n) is 5.44. The first-order chi connectivity index (χ1) is 13.2. The molecule has 2 heterocycles. The Kier molecular flexibility index (Phi) is 4.54. The van der Waals surface area contributed by atoms with Crippen LogP contribution in [0.3, 0.4) is 0 Å². The van der Waals surface area contributed by atoms with Crippen LogP contribution in [0.25, 0.3) is 22.0 Å².